The SMILES string of the molecule is CC(C)CNCc1ccc(CN2Cc3ccccc3C2)s1. The van der Waals surface area contributed by atoms with Crippen LogP contribution in [0, 0.1) is 5.92 Å². The molecule has 0 radical (unpaired) electrons. The molecule has 0 bridgehead atoms. The Morgan fingerprint density at radius 1 is 1.05 bits per heavy atom. The summed E-state index contributed by atoms with van der Waals surface area (Å²) >= 11 is 1.95. The van der Waals surface area contributed by atoms with E-state index in [1.807, 2.05) is 11.3 Å². The Morgan fingerprint density at radius 2 is 1.71 bits per heavy atom. The molecule has 0 unspecified atom stereocenters. The summed E-state index contributed by atoms with van der Waals surface area (Å²) < 4.78 is 0. The maximum absolute atomic E-state index is 3.52. The van der Waals surface area contributed by atoms with E-state index in [2.05, 4.69) is 60.5 Å². The average molecular weight is 300 g/mol. The molecule has 0 atom stereocenters. The Labute approximate surface area is 131 Å². The van der Waals surface area contributed by atoms with Gasteiger partial charge in [-0.25, -0.2) is 0 Å². The first-order valence-electron chi connectivity index (χ1n) is 7.78. The van der Waals surface area contributed by atoms with E-state index in [9.17, 15) is 0 Å². The highest BCUT2D eigenvalue weighted by atomic mass is 32.1. The Balaban J connectivity index is 1.52. The van der Waals surface area contributed by atoms with Crippen LogP contribution in [0.5, 0.6) is 0 Å². The molecule has 0 saturated heterocycles. The molecule has 2 heterocycles. The Morgan fingerprint density at radius 3 is 2.38 bits per heavy atom. The fraction of sp³-hybridized carbons (Fsp3) is 0.444. The van der Waals surface area contributed by atoms with E-state index in [1.165, 1.54) is 20.9 Å². The van der Waals surface area contributed by atoms with E-state index >= 15 is 0 Å². The van der Waals surface area contributed by atoms with Crippen LogP contribution in [-0.2, 0) is 26.2 Å². The van der Waals surface area contributed by atoms with Crippen LogP contribution in [0.15, 0.2) is 36.4 Å². The van der Waals surface area contributed by atoms with E-state index in [0.29, 0.717) is 5.92 Å². The molecule has 0 amide bonds. The van der Waals surface area contributed by atoms with E-state index in [-0.39, 0.29) is 0 Å². The van der Waals surface area contributed by atoms with Gasteiger partial charge in [0, 0.05) is 35.9 Å². The van der Waals surface area contributed by atoms with Crippen LogP contribution in [0.2, 0.25) is 0 Å². The van der Waals surface area contributed by atoms with Crippen LogP contribution in [0.3, 0.4) is 0 Å². The Bertz CT molecular complexity index is 563. The predicted molar refractivity (Wildman–Crippen MR) is 90.3 cm³/mol. The molecule has 2 aromatic rings. The van der Waals surface area contributed by atoms with Gasteiger partial charge in [0.1, 0.15) is 0 Å². The molecule has 0 aliphatic carbocycles. The smallest absolute Gasteiger partial charge is 0.0335 e. The number of fused-ring (bicyclic) bond motifs is 1. The lowest BCUT2D eigenvalue weighted by molar-refractivity contribution is 0.278. The molecule has 3 heteroatoms. The van der Waals surface area contributed by atoms with Crippen molar-refractivity contribution in [2.24, 2.45) is 5.92 Å². The average Bonchev–Trinajstić information content (AvgIpc) is 3.04. The van der Waals surface area contributed by atoms with Crippen molar-refractivity contribution < 1.29 is 0 Å². The van der Waals surface area contributed by atoms with Crippen LogP contribution in [0.1, 0.15) is 34.7 Å². The maximum Gasteiger partial charge on any atom is 0.0335 e. The topological polar surface area (TPSA) is 15.3 Å². The molecule has 0 saturated carbocycles. The summed E-state index contributed by atoms with van der Waals surface area (Å²) in [6.07, 6.45) is 0. The normalized spacial score (nSPS) is 14.8. The summed E-state index contributed by atoms with van der Waals surface area (Å²) in [5.74, 6) is 0.715. The van der Waals surface area contributed by atoms with Crippen LogP contribution in [-0.4, -0.2) is 11.4 Å². The van der Waals surface area contributed by atoms with Gasteiger partial charge in [0.25, 0.3) is 0 Å². The van der Waals surface area contributed by atoms with Gasteiger partial charge < -0.3 is 5.32 Å². The van der Waals surface area contributed by atoms with Crippen LogP contribution >= 0.6 is 11.3 Å². The van der Waals surface area contributed by atoms with E-state index < -0.39 is 0 Å². The van der Waals surface area contributed by atoms with Crippen molar-refractivity contribution in [3.8, 4) is 0 Å². The highest BCUT2D eigenvalue weighted by Gasteiger charge is 2.18. The summed E-state index contributed by atoms with van der Waals surface area (Å²) in [6, 6.07) is 13.4. The second-order valence-electron chi connectivity index (χ2n) is 6.31. The lowest BCUT2D eigenvalue weighted by atomic mass is 10.1. The second-order valence-corrected chi connectivity index (χ2v) is 7.56. The third-order valence-corrected chi connectivity index (χ3v) is 4.92. The van der Waals surface area contributed by atoms with Crippen LogP contribution < -0.4 is 5.32 Å². The van der Waals surface area contributed by atoms with Gasteiger partial charge in [-0.3, -0.25) is 4.90 Å². The first-order chi connectivity index (χ1) is 10.2. The number of nitrogens with zero attached hydrogens (tertiary/aromatic N) is 1. The van der Waals surface area contributed by atoms with Crippen molar-refractivity contribution in [3.05, 3.63) is 57.3 Å². The number of thiophene rings is 1. The van der Waals surface area contributed by atoms with Gasteiger partial charge in [0.2, 0.25) is 0 Å². The third-order valence-electron chi connectivity index (χ3n) is 3.85. The highest BCUT2D eigenvalue weighted by molar-refractivity contribution is 7.11. The second kappa shape index (κ2) is 6.73. The van der Waals surface area contributed by atoms with E-state index in [1.54, 1.807) is 0 Å². The molecule has 21 heavy (non-hydrogen) atoms. The van der Waals surface area contributed by atoms with E-state index in [0.717, 1.165) is 32.7 Å². The first kappa shape index (κ1) is 14.8. The molecule has 2 nitrogen and oxygen atoms in total. The molecule has 3 rings (SSSR count). The molecule has 112 valence electrons. The fourth-order valence-corrected chi connectivity index (χ4v) is 3.85. The van der Waals surface area contributed by atoms with Gasteiger partial charge in [-0.1, -0.05) is 38.1 Å². The molecule has 0 spiro atoms. The fourth-order valence-electron chi connectivity index (χ4n) is 2.82. The lowest BCUT2D eigenvalue weighted by Gasteiger charge is -2.13. The Hall–Kier alpha value is -1.16. The number of hydrogen-bond acceptors (Lipinski definition) is 3. The zero-order chi connectivity index (χ0) is 14.7. The maximum atomic E-state index is 3.52. The Kier molecular flexibility index (Phi) is 4.73. The molecule has 1 aliphatic rings. The van der Waals surface area contributed by atoms with Crippen molar-refractivity contribution in [2.75, 3.05) is 6.54 Å². The van der Waals surface area contributed by atoms with Gasteiger partial charge in [-0.05, 0) is 35.7 Å². The number of benzene rings is 1. The molecule has 1 N–H and O–H groups in total. The van der Waals surface area contributed by atoms with Crippen molar-refractivity contribution in [1.82, 2.24) is 10.2 Å². The van der Waals surface area contributed by atoms with Crippen molar-refractivity contribution >= 4 is 11.3 Å². The van der Waals surface area contributed by atoms with Crippen LogP contribution in [0.25, 0.3) is 0 Å². The monoisotopic (exact) mass is 300 g/mol. The lowest BCUT2D eigenvalue weighted by Crippen LogP contribution is -2.18. The highest BCUT2D eigenvalue weighted by Crippen LogP contribution is 2.26. The van der Waals surface area contributed by atoms with Crippen LogP contribution in [0.4, 0.5) is 0 Å². The summed E-state index contributed by atoms with van der Waals surface area (Å²) in [5.41, 5.74) is 2.99. The molecule has 1 aromatic heterocycles. The quantitative estimate of drug-likeness (QED) is 0.867. The number of rotatable bonds is 6. The number of hydrogen-bond donors (Lipinski definition) is 1. The molecule has 1 aliphatic heterocycles. The molecular weight excluding hydrogens is 276 g/mol. The van der Waals surface area contributed by atoms with Crippen molar-refractivity contribution in [1.29, 1.82) is 0 Å². The van der Waals surface area contributed by atoms with Gasteiger partial charge >= 0.3 is 0 Å². The summed E-state index contributed by atoms with van der Waals surface area (Å²) in [5, 5.41) is 3.52. The summed E-state index contributed by atoms with van der Waals surface area (Å²) in [6.45, 7) is 9.85. The largest absolute Gasteiger partial charge is 0.312 e. The summed E-state index contributed by atoms with van der Waals surface area (Å²) in [4.78, 5) is 5.45. The molecule has 1 aromatic carbocycles. The minimum Gasteiger partial charge on any atom is -0.312 e. The minimum atomic E-state index is 0.715. The van der Waals surface area contributed by atoms with E-state index in [4.69, 9.17) is 0 Å². The third kappa shape index (κ3) is 3.94. The van der Waals surface area contributed by atoms with Gasteiger partial charge in [-0.15, -0.1) is 11.3 Å². The van der Waals surface area contributed by atoms with Crippen molar-refractivity contribution in [2.45, 2.75) is 40.0 Å². The zero-order valence-corrected chi connectivity index (χ0v) is 13.7. The van der Waals surface area contributed by atoms with Gasteiger partial charge in [0.05, 0.1) is 0 Å². The predicted octanol–water partition coefficient (Wildman–Crippen LogP) is 4.01. The number of nitrogens with one attached hydrogen (secondary N) is 1. The summed E-state index contributed by atoms with van der Waals surface area (Å²) in [7, 11) is 0. The molecular formula is C18H24N2S. The minimum absolute atomic E-state index is 0.715. The standard InChI is InChI=1S/C18H24N2S/c1-14(2)9-19-10-17-7-8-18(21-17)13-20-11-15-5-3-4-6-16(15)12-20/h3-8,14,19H,9-13H2,1-2H3. The zero-order valence-electron chi connectivity index (χ0n) is 12.9. The van der Waals surface area contributed by atoms with Gasteiger partial charge in [0.15, 0.2) is 0 Å². The van der Waals surface area contributed by atoms with Crippen molar-refractivity contribution in [3.63, 3.8) is 0 Å². The molecule has 0 fully saturated rings. The van der Waals surface area contributed by atoms with Gasteiger partial charge in [-0.2, -0.15) is 0 Å². The first-order valence-corrected chi connectivity index (χ1v) is 8.60.